The molecule has 25 heavy (non-hydrogen) atoms. The van der Waals surface area contributed by atoms with Crippen LogP contribution in [0.4, 0.5) is 0 Å². The van der Waals surface area contributed by atoms with Crippen LogP contribution in [0.1, 0.15) is 31.9 Å². The van der Waals surface area contributed by atoms with Crippen molar-refractivity contribution in [1.82, 2.24) is 0 Å². The number of nitrogens with one attached hydrogen (secondary N) is 1. The van der Waals surface area contributed by atoms with Gasteiger partial charge in [0.05, 0.1) is 24.1 Å². The lowest BCUT2D eigenvalue weighted by Gasteiger charge is -2.48. The zero-order valence-electron chi connectivity index (χ0n) is 13.7. The topological polar surface area (TPSA) is 114 Å². The van der Waals surface area contributed by atoms with Gasteiger partial charge in [0.25, 0.3) is 0 Å². The monoisotopic (exact) mass is 398 g/mol. The van der Waals surface area contributed by atoms with Crippen LogP contribution in [0.15, 0.2) is 28.7 Å². The number of benzene rings is 1. The van der Waals surface area contributed by atoms with Crippen molar-refractivity contribution in [2.45, 2.75) is 32.2 Å². The van der Waals surface area contributed by atoms with E-state index in [0.717, 1.165) is 4.47 Å². The molecule has 2 bridgehead atoms. The van der Waals surface area contributed by atoms with E-state index in [1.54, 1.807) is 31.2 Å². The van der Waals surface area contributed by atoms with Gasteiger partial charge in [0.15, 0.2) is 5.41 Å². The summed E-state index contributed by atoms with van der Waals surface area (Å²) in [5, 5.41) is 38.2. The number of nitriles is 3. The van der Waals surface area contributed by atoms with Crippen molar-refractivity contribution in [2.24, 2.45) is 16.7 Å². The molecule has 4 atom stereocenters. The van der Waals surface area contributed by atoms with Crippen molar-refractivity contribution in [1.29, 1.82) is 21.2 Å². The zero-order chi connectivity index (χ0) is 18.5. The molecule has 0 saturated carbocycles. The van der Waals surface area contributed by atoms with Gasteiger partial charge in [0, 0.05) is 10.9 Å². The van der Waals surface area contributed by atoms with Crippen molar-refractivity contribution in [2.75, 3.05) is 0 Å². The van der Waals surface area contributed by atoms with E-state index in [1.165, 1.54) is 0 Å². The molecule has 1 aromatic carbocycles. The fourth-order valence-electron chi connectivity index (χ4n) is 3.98. The first-order valence-electron chi connectivity index (χ1n) is 7.82. The summed E-state index contributed by atoms with van der Waals surface area (Å²) in [6.07, 6.45) is -0.616. The molecular weight excluding hydrogens is 384 g/mol. The Labute approximate surface area is 154 Å². The maximum atomic E-state index is 9.99. The molecule has 2 saturated heterocycles. The molecule has 1 N–H and O–H groups in total. The highest BCUT2D eigenvalue weighted by Crippen LogP contribution is 2.66. The first kappa shape index (κ1) is 17.4. The third-order valence-electron chi connectivity index (χ3n) is 5.47. The molecule has 2 heterocycles. The predicted molar refractivity (Wildman–Crippen MR) is 90.7 cm³/mol. The summed E-state index contributed by atoms with van der Waals surface area (Å²) < 4.78 is 12.7. The molecule has 0 aromatic heterocycles. The third-order valence-corrected chi connectivity index (χ3v) is 6.00. The van der Waals surface area contributed by atoms with Gasteiger partial charge >= 0.3 is 0 Å². The van der Waals surface area contributed by atoms with Gasteiger partial charge in [-0.25, -0.2) is 0 Å². The number of fused-ring (bicyclic) bond motifs is 2. The van der Waals surface area contributed by atoms with E-state index in [4.69, 9.17) is 14.9 Å². The molecule has 1 aromatic rings. The van der Waals surface area contributed by atoms with E-state index in [0.29, 0.717) is 12.0 Å². The molecule has 3 rings (SSSR count). The largest absolute Gasteiger partial charge is 0.447 e. The molecule has 0 unspecified atom stereocenters. The molecule has 6 nitrogen and oxygen atoms in total. The standard InChI is InChI=1S/C18H15BrN4O2/c1-3-18-11(2)17(10-22,15(23)25-18)16(8-20,9-21)14(24-18)12-4-6-13(19)7-5-12/h4-7,11,14,23H,3H2,1-2H3/t11-,14+,17+,18+/m1/s1. The van der Waals surface area contributed by atoms with Crippen LogP contribution in [0.5, 0.6) is 0 Å². The molecule has 2 aliphatic rings. The first-order chi connectivity index (χ1) is 11.9. The summed E-state index contributed by atoms with van der Waals surface area (Å²) >= 11 is 3.35. The second kappa shape index (κ2) is 5.56. The molecule has 0 amide bonds. The fourth-order valence-corrected chi connectivity index (χ4v) is 4.25. The van der Waals surface area contributed by atoms with Crippen molar-refractivity contribution < 1.29 is 9.47 Å². The summed E-state index contributed by atoms with van der Waals surface area (Å²) in [5.74, 6) is -2.21. The van der Waals surface area contributed by atoms with E-state index < -0.39 is 28.6 Å². The molecular formula is C18H15BrN4O2. The molecule has 0 spiro atoms. The van der Waals surface area contributed by atoms with Gasteiger partial charge < -0.3 is 9.47 Å². The van der Waals surface area contributed by atoms with Crippen LogP contribution in [0.3, 0.4) is 0 Å². The van der Waals surface area contributed by atoms with Crippen LogP contribution < -0.4 is 0 Å². The molecule has 7 heteroatoms. The van der Waals surface area contributed by atoms with Crippen LogP contribution in [-0.2, 0) is 9.47 Å². The lowest BCUT2D eigenvalue weighted by atomic mass is 9.53. The van der Waals surface area contributed by atoms with Gasteiger partial charge in [0.2, 0.25) is 17.1 Å². The highest BCUT2D eigenvalue weighted by atomic mass is 79.9. The summed E-state index contributed by atoms with van der Waals surface area (Å²) in [6, 6.07) is 13.2. The highest BCUT2D eigenvalue weighted by Gasteiger charge is 2.78. The maximum absolute atomic E-state index is 9.99. The minimum absolute atomic E-state index is 0.368. The Kier molecular flexibility index (Phi) is 3.88. The Morgan fingerprint density at radius 2 is 1.76 bits per heavy atom. The average Bonchev–Trinajstić information content (AvgIpc) is 2.79. The van der Waals surface area contributed by atoms with E-state index in [-0.39, 0.29) is 5.90 Å². The first-order valence-corrected chi connectivity index (χ1v) is 8.61. The highest BCUT2D eigenvalue weighted by molar-refractivity contribution is 9.10. The lowest BCUT2D eigenvalue weighted by molar-refractivity contribution is -0.280. The van der Waals surface area contributed by atoms with Gasteiger partial charge in [-0.05, 0) is 17.7 Å². The van der Waals surface area contributed by atoms with Crippen LogP contribution in [0.25, 0.3) is 0 Å². The van der Waals surface area contributed by atoms with Crippen LogP contribution >= 0.6 is 15.9 Å². The summed E-state index contributed by atoms with van der Waals surface area (Å²) in [5.41, 5.74) is -2.99. The van der Waals surface area contributed by atoms with E-state index in [1.807, 2.05) is 19.1 Å². The third kappa shape index (κ3) is 1.87. The zero-order valence-corrected chi connectivity index (χ0v) is 15.3. The van der Waals surface area contributed by atoms with Crippen molar-refractivity contribution in [3.63, 3.8) is 0 Å². The normalized spacial score (nSPS) is 35.1. The molecule has 2 fully saturated rings. The number of rotatable bonds is 2. The van der Waals surface area contributed by atoms with Crippen LogP contribution in [0, 0.1) is 56.2 Å². The van der Waals surface area contributed by atoms with Gasteiger partial charge in [-0.1, -0.05) is 41.9 Å². The maximum Gasteiger partial charge on any atom is 0.217 e. The summed E-state index contributed by atoms with van der Waals surface area (Å²) in [4.78, 5) is 0. The molecule has 0 radical (unpaired) electrons. The Bertz CT molecular complexity index is 849. The number of halogens is 1. The minimum atomic E-state index is -1.89. The van der Waals surface area contributed by atoms with E-state index in [9.17, 15) is 15.8 Å². The predicted octanol–water partition coefficient (Wildman–Crippen LogP) is 3.81. The van der Waals surface area contributed by atoms with Crippen molar-refractivity contribution in [3.8, 4) is 18.2 Å². The van der Waals surface area contributed by atoms with Gasteiger partial charge in [0.1, 0.15) is 6.10 Å². The quantitative estimate of drug-likeness (QED) is 0.812. The van der Waals surface area contributed by atoms with Crippen LogP contribution in [0.2, 0.25) is 0 Å². The number of nitrogens with zero attached hydrogens (tertiary/aromatic N) is 3. The number of ether oxygens (including phenoxy) is 2. The number of hydrogen-bond acceptors (Lipinski definition) is 6. The Balaban J connectivity index is 2.32. The van der Waals surface area contributed by atoms with Crippen molar-refractivity contribution >= 4 is 21.8 Å². The second-order valence-electron chi connectivity index (χ2n) is 6.32. The van der Waals surface area contributed by atoms with E-state index >= 15 is 0 Å². The Morgan fingerprint density at radius 1 is 1.16 bits per heavy atom. The second-order valence-corrected chi connectivity index (χ2v) is 7.23. The molecule has 0 aliphatic carbocycles. The van der Waals surface area contributed by atoms with Crippen LogP contribution in [-0.4, -0.2) is 11.7 Å². The molecule has 126 valence electrons. The minimum Gasteiger partial charge on any atom is -0.447 e. The van der Waals surface area contributed by atoms with Gasteiger partial charge in [-0.3, -0.25) is 5.41 Å². The summed E-state index contributed by atoms with van der Waals surface area (Å²) in [7, 11) is 0. The average molecular weight is 399 g/mol. The Morgan fingerprint density at radius 3 is 2.24 bits per heavy atom. The van der Waals surface area contributed by atoms with Crippen molar-refractivity contribution in [3.05, 3.63) is 34.3 Å². The smallest absolute Gasteiger partial charge is 0.217 e. The number of hydrogen-bond donors (Lipinski definition) is 1. The fraction of sp³-hybridized carbons (Fsp3) is 0.444. The summed E-state index contributed by atoms with van der Waals surface area (Å²) in [6.45, 7) is 3.54. The lowest BCUT2D eigenvalue weighted by Crippen LogP contribution is -2.58. The molecule has 2 aliphatic heterocycles. The van der Waals surface area contributed by atoms with Gasteiger partial charge in [-0.2, -0.15) is 15.8 Å². The SMILES string of the molecule is CC[C@]12OC(=N)[C@](C#N)([C@H]1C)C(C#N)(C#N)[C@H](c1ccc(Br)cc1)O2. The Hall–Kier alpha value is -2.40. The van der Waals surface area contributed by atoms with E-state index in [2.05, 4.69) is 22.0 Å². The van der Waals surface area contributed by atoms with Gasteiger partial charge in [-0.15, -0.1) is 0 Å².